The molecule has 0 aliphatic carbocycles. The molecule has 30 heavy (non-hydrogen) atoms. The molecule has 2 aliphatic heterocycles. The third kappa shape index (κ3) is 4.96. The Balaban J connectivity index is 1.49. The molecule has 0 spiro atoms. The van der Waals surface area contributed by atoms with Gasteiger partial charge >= 0.3 is 0 Å². The second-order valence-electron chi connectivity index (χ2n) is 7.69. The van der Waals surface area contributed by atoms with Crippen LogP contribution in [-0.2, 0) is 20.8 Å². The zero-order valence-corrected chi connectivity index (χ0v) is 18.4. The predicted octanol–water partition coefficient (Wildman–Crippen LogP) is 2.72. The fraction of sp³-hybridized carbons (Fsp3) is 0.571. The standard InChI is InChI=1S/C21H29N5O3S/c1-15-6-3-4-8-18(15)22-19(27)16(2)30-21-24-23-20(25-9-12-28-13-10-25)26(21)14-17-7-5-11-29-17/h3-4,6,8,16-17H,5,7,9-14H2,1-2H3,(H,22,27). The van der Waals surface area contributed by atoms with Crippen LogP contribution in [0.3, 0.4) is 0 Å². The summed E-state index contributed by atoms with van der Waals surface area (Å²) in [6.07, 6.45) is 2.28. The van der Waals surface area contributed by atoms with Crippen molar-refractivity contribution in [1.29, 1.82) is 0 Å². The smallest absolute Gasteiger partial charge is 0.237 e. The lowest BCUT2D eigenvalue weighted by atomic mass is 10.2. The number of carbonyl (C=O) groups is 1. The van der Waals surface area contributed by atoms with E-state index in [1.54, 1.807) is 0 Å². The molecule has 8 nitrogen and oxygen atoms in total. The first-order valence-corrected chi connectivity index (χ1v) is 11.4. The highest BCUT2D eigenvalue weighted by atomic mass is 32.2. The molecule has 0 bridgehead atoms. The molecule has 3 heterocycles. The number of benzene rings is 1. The fourth-order valence-electron chi connectivity index (χ4n) is 3.68. The van der Waals surface area contributed by atoms with Gasteiger partial charge in [-0.3, -0.25) is 9.36 Å². The van der Waals surface area contributed by atoms with Gasteiger partial charge in [-0.2, -0.15) is 0 Å². The number of hydrogen-bond acceptors (Lipinski definition) is 7. The predicted molar refractivity (Wildman–Crippen MR) is 117 cm³/mol. The lowest BCUT2D eigenvalue weighted by molar-refractivity contribution is -0.115. The second kappa shape index (κ2) is 9.80. The Bertz CT molecular complexity index is 862. The van der Waals surface area contributed by atoms with E-state index in [2.05, 4.69) is 25.0 Å². The summed E-state index contributed by atoms with van der Waals surface area (Å²) in [4.78, 5) is 15.0. The van der Waals surface area contributed by atoms with Gasteiger partial charge in [0.2, 0.25) is 11.9 Å². The molecule has 162 valence electrons. The molecule has 2 unspecified atom stereocenters. The number of para-hydroxylation sites is 1. The highest BCUT2D eigenvalue weighted by Gasteiger charge is 2.27. The monoisotopic (exact) mass is 431 g/mol. The van der Waals surface area contributed by atoms with Gasteiger partial charge in [0.05, 0.1) is 31.1 Å². The van der Waals surface area contributed by atoms with Gasteiger partial charge < -0.3 is 19.7 Å². The van der Waals surface area contributed by atoms with Crippen molar-refractivity contribution >= 4 is 29.3 Å². The molecule has 0 saturated carbocycles. The molecule has 1 amide bonds. The molecular weight excluding hydrogens is 402 g/mol. The van der Waals surface area contributed by atoms with E-state index in [-0.39, 0.29) is 17.3 Å². The summed E-state index contributed by atoms with van der Waals surface area (Å²) in [5, 5.41) is 12.4. The minimum atomic E-state index is -0.311. The van der Waals surface area contributed by atoms with Crippen molar-refractivity contribution in [1.82, 2.24) is 14.8 Å². The molecule has 2 aliphatic rings. The van der Waals surface area contributed by atoms with Gasteiger partial charge in [0.1, 0.15) is 0 Å². The summed E-state index contributed by atoms with van der Waals surface area (Å²) in [6, 6.07) is 7.79. The van der Waals surface area contributed by atoms with Crippen molar-refractivity contribution in [3.8, 4) is 0 Å². The van der Waals surface area contributed by atoms with E-state index in [9.17, 15) is 4.79 Å². The van der Waals surface area contributed by atoms with Crippen LogP contribution in [0.4, 0.5) is 11.6 Å². The Morgan fingerprint density at radius 3 is 2.80 bits per heavy atom. The number of amides is 1. The minimum absolute atomic E-state index is 0.0473. The van der Waals surface area contributed by atoms with Gasteiger partial charge in [-0.25, -0.2) is 0 Å². The summed E-state index contributed by atoms with van der Waals surface area (Å²) < 4.78 is 13.5. The van der Waals surface area contributed by atoms with Gasteiger partial charge in [0.15, 0.2) is 5.16 Å². The average molecular weight is 432 g/mol. The maximum Gasteiger partial charge on any atom is 0.237 e. The van der Waals surface area contributed by atoms with Gasteiger partial charge in [0.25, 0.3) is 0 Å². The lowest BCUT2D eigenvalue weighted by Crippen LogP contribution is -2.38. The van der Waals surface area contributed by atoms with E-state index in [1.807, 2.05) is 38.1 Å². The van der Waals surface area contributed by atoms with Gasteiger partial charge in [-0.1, -0.05) is 30.0 Å². The number of morpholine rings is 1. The van der Waals surface area contributed by atoms with Crippen molar-refractivity contribution in [3.63, 3.8) is 0 Å². The molecule has 2 saturated heterocycles. The number of ether oxygens (including phenoxy) is 2. The maximum absolute atomic E-state index is 12.8. The number of thioether (sulfide) groups is 1. The van der Waals surface area contributed by atoms with E-state index in [4.69, 9.17) is 9.47 Å². The Morgan fingerprint density at radius 2 is 2.07 bits per heavy atom. The Hall–Kier alpha value is -2.10. The number of nitrogens with one attached hydrogen (secondary N) is 1. The first-order valence-electron chi connectivity index (χ1n) is 10.5. The van der Waals surface area contributed by atoms with Crippen molar-refractivity contribution in [2.45, 2.75) is 49.7 Å². The van der Waals surface area contributed by atoms with Crippen LogP contribution in [0.5, 0.6) is 0 Å². The third-order valence-electron chi connectivity index (χ3n) is 5.46. The zero-order chi connectivity index (χ0) is 20.9. The third-order valence-corrected chi connectivity index (χ3v) is 6.54. The van der Waals surface area contributed by atoms with Crippen LogP contribution < -0.4 is 10.2 Å². The molecule has 1 N–H and O–H groups in total. The van der Waals surface area contributed by atoms with Crippen molar-refractivity contribution < 1.29 is 14.3 Å². The van der Waals surface area contributed by atoms with Crippen LogP contribution in [0.15, 0.2) is 29.4 Å². The minimum Gasteiger partial charge on any atom is -0.378 e. The topological polar surface area (TPSA) is 81.5 Å². The summed E-state index contributed by atoms with van der Waals surface area (Å²) in [7, 11) is 0. The number of rotatable bonds is 7. The summed E-state index contributed by atoms with van der Waals surface area (Å²) in [5.74, 6) is 0.789. The normalized spacial score (nSPS) is 20.3. The van der Waals surface area contributed by atoms with Crippen LogP contribution in [-0.4, -0.2) is 64.9 Å². The van der Waals surface area contributed by atoms with Crippen LogP contribution in [0, 0.1) is 6.92 Å². The first kappa shape index (κ1) is 21.1. The van der Waals surface area contributed by atoms with Crippen LogP contribution in [0.25, 0.3) is 0 Å². The van der Waals surface area contributed by atoms with E-state index in [1.165, 1.54) is 11.8 Å². The van der Waals surface area contributed by atoms with Gasteiger partial charge in [0, 0.05) is 25.4 Å². The highest BCUT2D eigenvalue weighted by molar-refractivity contribution is 8.00. The molecule has 2 aromatic rings. The lowest BCUT2D eigenvalue weighted by Gasteiger charge is -2.28. The quantitative estimate of drug-likeness (QED) is 0.675. The molecular formula is C21H29N5O3S. The molecule has 0 radical (unpaired) electrons. The summed E-state index contributed by atoms with van der Waals surface area (Å²) >= 11 is 1.44. The number of hydrogen-bond donors (Lipinski definition) is 1. The Labute approximate surface area is 181 Å². The number of anilines is 2. The Morgan fingerprint density at radius 1 is 1.27 bits per heavy atom. The highest BCUT2D eigenvalue weighted by Crippen LogP contribution is 2.29. The van der Waals surface area contributed by atoms with E-state index in [0.29, 0.717) is 19.8 Å². The molecule has 9 heteroatoms. The molecule has 2 atom stereocenters. The molecule has 1 aromatic heterocycles. The van der Waals surface area contributed by atoms with Crippen LogP contribution >= 0.6 is 11.8 Å². The summed E-state index contributed by atoms with van der Waals surface area (Å²) in [6.45, 7) is 8.34. The first-order chi connectivity index (χ1) is 14.6. The number of nitrogens with zero attached hydrogens (tertiary/aromatic N) is 4. The number of aromatic nitrogens is 3. The Kier molecular flexibility index (Phi) is 6.91. The number of carbonyl (C=O) groups excluding carboxylic acids is 1. The van der Waals surface area contributed by atoms with Crippen molar-refractivity contribution in [2.24, 2.45) is 0 Å². The van der Waals surface area contributed by atoms with Gasteiger partial charge in [-0.05, 0) is 38.3 Å². The SMILES string of the molecule is Cc1ccccc1NC(=O)C(C)Sc1nnc(N2CCOCC2)n1CC1CCCO1. The average Bonchev–Trinajstić information content (AvgIpc) is 3.41. The zero-order valence-electron chi connectivity index (χ0n) is 17.5. The molecule has 2 fully saturated rings. The largest absolute Gasteiger partial charge is 0.378 e. The van der Waals surface area contributed by atoms with E-state index < -0.39 is 0 Å². The van der Waals surface area contributed by atoms with Gasteiger partial charge in [-0.15, -0.1) is 10.2 Å². The van der Waals surface area contributed by atoms with Crippen LogP contribution in [0.1, 0.15) is 25.3 Å². The molecule has 1 aromatic carbocycles. The molecule has 4 rings (SSSR count). The van der Waals surface area contributed by atoms with Crippen molar-refractivity contribution in [2.75, 3.05) is 43.1 Å². The number of aryl methyl sites for hydroxylation is 1. The summed E-state index contributed by atoms with van der Waals surface area (Å²) in [5.41, 5.74) is 1.88. The fourth-order valence-corrected chi connectivity index (χ4v) is 4.53. The second-order valence-corrected chi connectivity index (χ2v) is 9.00. The van der Waals surface area contributed by atoms with Crippen LogP contribution in [0.2, 0.25) is 0 Å². The van der Waals surface area contributed by atoms with E-state index in [0.717, 1.165) is 54.9 Å². The maximum atomic E-state index is 12.8. The van der Waals surface area contributed by atoms with E-state index >= 15 is 0 Å². The van der Waals surface area contributed by atoms with Crippen molar-refractivity contribution in [3.05, 3.63) is 29.8 Å².